The van der Waals surface area contributed by atoms with Gasteiger partial charge < -0.3 is 39.5 Å². The molecule has 0 fully saturated rings. The van der Waals surface area contributed by atoms with E-state index in [0.29, 0.717) is 10.8 Å². The molecule has 0 saturated carbocycles. The molecule has 0 radical (unpaired) electrons. The third kappa shape index (κ3) is 7.84. The number of nitrogens with one attached hydrogen (secondary N) is 3. The van der Waals surface area contributed by atoms with Crippen molar-refractivity contribution < 1.29 is 37.8 Å². The molecule has 1 aromatic carbocycles. The topological polar surface area (TPSA) is 174 Å². The minimum atomic E-state index is -0.642. The number of carbonyl (C=O) groups is 4. The number of oxazole rings is 1. The predicted octanol–water partition coefficient (Wildman–Crippen LogP) is 3.68. The Hall–Kier alpha value is -4.66. The molecule has 3 N–H and O–H groups in total. The fraction of sp³-hybridized carbons (Fsp3) is 0.500. The van der Waals surface area contributed by atoms with Gasteiger partial charge in [0.1, 0.15) is 22.5 Å². The summed E-state index contributed by atoms with van der Waals surface area (Å²) in [6.45, 7) is 10.6. The van der Waals surface area contributed by atoms with E-state index in [1.165, 1.54) is 49.7 Å². The van der Waals surface area contributed by atoms with Crippen LogP contribution in [0.4, 0.5) is 0 Å². The Bertz CT molecular complexity index is 1610. The maximum atomic E-state index is 14.0. The molecule has 3 atom stereocenters. The molecule has 0 spiro atoms. The molecule has 3 heterocycles. The number of carbonyl (C=O) groups excluding carboxylic acids is 4. The summed E-state index contributed by atoms with van der Waals surface area (Å²) in [7, 11) is 4.33. The normalized spacial score (nSPS) is 19.4. The molecule has 1 aliphatic heterocycles. The first-order valence-electron chi connectivity index (χ1n) is 15.2. The molecule has 0 saturated heterocycles. The summed E-state index contributed by atoms with van der Waals surface area (Å²) < 4.78 is 22.2. The van der Waals surface area contributed by atoms with Crippen molar-refractivity contribution in [3.63, 3.8) is 0 Å². The Morgan fingerprint density at radius 3 is 2.15 bits per heavy atom. The summed E-state index contributed by atoms with van der Waals surface area (Å²) in [6, 6.07) is 1.20. The first kappa shape index (κ1) is 35.2. The van der Waals surface area contributed by atoms with Crippen molar-refractivity contribution in [1.82, 2.24) is 30.8 Å². The second-order valence-corrected chi connectivity index (χ2v) is 12.9. The fourth-order valence-electron chi connectivity index (χ4n) is 5.20. The quantitative estimate of drug-likeness (QED) is 0.351. The number of methoxy groups -OCH3 is 3. The number of aromatic nitrogens is 2. The number of aryl methyl sites for hydroxylation is 1. The number of benzene rings is 1. The van der Waals surface area contributed by atoms with Gasteiger partial charge in [-0.1, -0.05) is 27.7 Å². The van der Waals surface area contributed by atoms with Gasteiger partial charge in [0.05, 0.1) is 33.9 Å². The number of nitrogens with zero attached hydrogens (tertiary/aromatic N) is 3. The van der Waals surface area contributed by atoms with E-state index in [1.54, 1.807) is 19.2 Å². The average Bonchev–Trinajstić information content (AvgIpc) is 3.67. The second kappa shape index (κ2) is 14.8. The highest BCUT2D eigenvalue weighted by atomic mass is 32.1. The Kier molecular flexibility index (Phi) is 11.1. The summed E-state index contributed by atoms with van der Waals surface area (Å²) in [4.78, 5) is 64.7. The van der Waals surface area contributed by atoms with Crippen LogP contribution in [0.2, 0.25) is 0 Å². The molecular formula is C32H42N6O8S. The maximum absolute atomic E-state index is 14.0. The zero-order valence-electron chi connectivity index (χ0n) is 28.0. The van der Waals surface area contributed by atoms with Crippen molar-refractivity contribution in [2.45, 2.75) is 59.7 Å². The molecule has 4 bridgehead atoms. The number of thiazole rings is 1. The summed E-state index contributed by atoms with van der Waals surface area (Å²) in [6.07, 6.45) is 0. The third-order valence-electron chi connectivity index (χ3n) is 7.66. The van der Waals surface area contributed by atoms with Crippen LogP contribution in [0.3, 0.4) is 0 Å². The zero-order valence-corrected chi connectivity index (χ0v) is 28.9. The largest absolute Gasteiger partial charge is 0.493 e. The van der Waals surface area contributed by atoms with E-state index in [4.69, 9.17) is 18.6 Å². The lowest BCUT2D eigenvalue weighted by molar-refractivity contribution is -0.122. The number of ether oxygens (including phenoxy) is 3. The lowest BCUT2D eigenvalue weighted by Gasteiger charge is -2.28. The highest BCUT2D eigenvalue weighted by molar-refractivity contribution is 7.09. The van der Waals surface area contributed by atoms with Crippen LogP contribution in [0.5, 0.6) is 17.2 Å². The second-order valence-electron chi connectivity index (χ2n) is 12.0. The van der Waals surface area contributed by atoms with E-state index in [0.717, 1.165) is 0 Å². The van der Waals surface area contributed by atoms with Gasteiger partial charge in [0.2, 0.25) is 17.5 Å². The van der Waals surface area contributed by atoms with Gasteiger partial charge in [-0.15, -0.1) is 11.3 Å². The molecule has 0 unspecified atom stereocenters. The van der Waals surface area contributed by atoms with Crippen LogP contribution < -0.4 is 30.2 Å². The average molecular weight is 671 g/mol. The van der Waals surface area contributed by atoms with Gasteiger partial charge in [-0.2, -0.15) is 0 Å². The van der Waals surface area contributed by atoms with Crippen LogP contribution in [0.25, 0.3) is 0 Å². The van der Waals surface area contributed by atoms with E-state index in [-0.39, 0.29) is 65.0 Å². The molecule has 1 aliphatic rings. The highest BCUT2D eigenvalue weighted by Crippen LogP contribution is 2.38. The van der Waals surface area contributed by atoms with E-state index in [2.05, 4.69) is 25.9 Å². The van der Waals surface area contributed by atoms with Crippen LogP contribution >= 0.6 is 11.3 Å². The van der Waals surface area contributed by atoms with Crippen LogP contribution in [0.15, 0.2) is 21.9 Å². The van der Waals surface area contributed by atoms with Gasteiger partial charge in [0.25, 0.3) is 17.7 Å². The molecule has 14 nitrogen and oxygen atoms in total. The van der Waals surface area contributed by atoms with Crippen molar-refractivity contribution in [2.24, 2.45) is 11.8 Å². The van der Waals surface area contributed by atoms with E-state index < -0.39 is 41.8 Å². The lowest BCUT2D eigenvalue weighted by atomic mass is 10.0. The molecule has 4 amide bonds. The van der Waals surface area contributed by atoms with Crippen molar-refractivity contribution >= 4 is 35.0 Å². The van der Waals surface area contributed by atoms with Crippen molar-refractivity contribution in [3.8, 4) is 17.2 Å². The fourth-order valence-corrected chi connectivity index (χ4v) is 6.23. The van der Waals surface area contributed by atoms with Gasteiger partial charge in [-0.25, -0.2) is 9.97 Å². The molecule has 0 aliphatic carbocycles. The molecule has 2 aromatic heterocycles. The Morgan fingerprint density at radius 2 is 1.57 bits per heavy atom. The molecule has 254 valence electrons. The summed E-state index contributed by atoms with van der Waals surface area (Å²) in [5.41, 5.74) is 0.399. The van der Waals surface area contributed by atoms with Crippen LogP contribution in [-0.4, -0.2) is 79.0 Å². The van der Waals surface area contributed by atoms with Crippen molar-refractivity contribution in [3.05, 3.63) is 51.1 Å². The van der Waals surface area contributed by atoms with E-state index in [1.807, 2.05) is 27.7 Å². The molecule has 3 aromatic rings. The number of hydrogen-bond acceptors (Lipinski definition) is 11. The van der Waals surface area contributed by atoms with Gasteiger partial charge in [0, 0.05) is 23.5 Å². The van der Waals surface area contributed by atoms with Gasteiger partial charge in [0.15, 0.2) is 17.2 Å². The van der Waals surface area contributed by atoms with Crippen molar-refractivity contribution in [2.75, 3.05) is 34.4 Å². The number of rotatable bonds is 6. The molecule has 4 rings (SSSR count). The van der Waals surface area contributed by atoms with Crippen LogP contribution in [0, 0.1) is 18.8 Å². The predicted molar refractivity (Wildman–Crippen MR) is 173 cm³/mol. The Morgan fingerprint density at radius 1 is 0.936 bits per heavy atom. The smallest absolute Gasteiger partial charge is 0.273 e. The number of amides is 4. The minimum Gasteiger partial charge on any atom is -0.493 e. The standard InChI is InChI=1S/C32H42N6O8S/c1-15(2)24-30-37-26(18(6)46-30)29(41)33-17(5)12-38(32(42)19-10-21(43-7)27(45-9)22(11-19)44-8)13-23(39)35-25(16(3)4)31-34-20(14-47-31)28(40)36-24/h10-11,14-17,24-25H,12-13H2,1-9H3,(H,33,41)(H,35,39)(H,36,40)/t17-,24-,25+/m1/s1. The first-order chi connectivity index (χ1) is 22.3. The zero-order chi connectivity index (χ0) is 34.6. The molecule has 15 heteroatoms. The SMILES string of the molecule is COc1cc(C(=O)N2CC(=O)N[C@@H](C(C)C)c3nc(cs3)C(=O)N[C@H](C(C)C)c3nc(c(C)o3)C(=O)N[C@H](C)C2)cc(OC)c1OC. The highest BCUT2D eigenvalue weighted by Gasteiger charge is 2.31. The lowest BCUT2D eigenvalue weighted by Crippen LogP contribution is -2.48. The molecule has 47 heavy (non-hydrogen) atoms. The monoisotopic (exact) mass is 670 g/mol. The van der Waals surface area contributed by atoms with Gasteiger partial charge in [-0.05, 0) is 37.8 Å². The number of fused-ring (bicyclic) bond motifs is 4. The summed E-state index contributed by atoms with van der Waals surface area (Å²) in [5.74, 6) is -0.879. The maximum Gasteiger partial charge on any atom is 0.273 e. The summed E-state index contributed by atoms with van der Waals surface area (Å²) >= 11 is 1.25. The third-order valence-corrected chi connectivity index (χ3v) is 8.58. The minimum absolute atomic E-state index is 0.0309. The Labute approximate surface area is 277 Å². The van der Waals surface area contributed by atoms with Gasteiger partial charge in [-0.3, -0.25) is 19.2 Å². The van der Waals surface area contributed by atoms with Crippen LogP contribution in [-0.2, 0) is 4.79 Å². The Balaban J connectivity index is 1.77. The molecular weight excluding hydrogens is 628 g/mol. The van der Waals surface area contributed by atoms with E-state index >= 15 is 0 Å². The summed E-state index contributed by atoms with van der Waals surface area (Å²) in [5, 5.41) is 10.9. The first-order valence-corrected chi connectivity index (χ1v) is 16.1. The van der Waals surface area contributed by atoms with Crippen LogP contribution in [0.1, 0.15) is 94.7 Å². The van der Waals surface area contributed by atoms with E-state index in [9.17, 15) is 19.2 Å². The number of hydrogen-bond donors (Lipinski definition) is 3. The van der Waals surface area contributed by atoms with Crippen molar-refractivity contribution in [1.29, 1.82) is 0 Å². The van der Waals surface area contributed by atoms with Gasteiger partial charge >= 0.3 is 0 Å².